The quantitative estimate of drug-likeness (QED) is 0.285. The second-order valence-corrected chi connectivity index (χ2v) is 10.4. The summed E-state index contributed by atoms with van der Waals surface area (Å²) >= 11 is 0. The van der Waals surface area contributed by atoms with Crippen molar-refractivity contribution in [2.75, 3.05) is 27.9 Å². The van der Waals surface area contributed by atoms with Gasteiger partial charge in [-0.1, -0.05) is 6.07 Å². The Morgan fingerprint density at radius 2 is 1.70 bits per heavy atom. The molecule has 13 heteroatoms. The topological polar surface area (TPSA) is 131 Å². The number of benzene rings is 1. The van der Waals surface area contributed by atoms with E-state index in [2.05, 4.69) is 20.2 Å². The molecule has 0 N–H and O–H groups in total. The van der Waals surface area contributed by atoms with E-state index in [0.717, 1.165) is 12.4 Å². The van der Waals surface area contributed by atoms with Crippen molar-refractivity contribution in [2.45, 2.75) is 24.3 Å². The smallest absolute Gasteiger partial charge is 0.204 e. The fourth-order valence-corrected chi connectivity index (χ4v) is 5.36. The lowest BCUT2D eigenvalue weighted by atomic mass is 10.2. The van der Waals surface area contributed by atoms with Crippen LogP contribution in [-0.2, 0) is 26.7 Å². The number of halogens is 1. The normalized spacial score (nSPS) is 12.5. The van der Waals surface area contributed by atoms with E-state index >= 15 is 0 Å². The van der Waals surface area contributed by atoms with Gasteiger partial charge in [0.25, 0.3) is 0 Å². The van der Waals surface area contributed by atoms with Crippen LogP contribution in [0.15, 0.2) is 47.1 Å². The first-order chi connectivity index (χ1) is 17.8. The lowest BCUT2D eigenvalue weighted by molar-refractivity contribution is 0.196. The largest absolute Gasteiger partial charge is 0.494 e. The van der Waals surface area contributed by atoms with Crippen molar-refractivity contribution < 1.29 is 31.4 Å². The Hall–Kier alpha value is -3.84. The first-order valence-corrected chi connectivity index (χ1v) is 12.9. The van der Waals surface area contributed by atoms with Crippen molar-refractivity contribution >= 4 is 9.84 Å². The van der Waals surface area contributed by atoms with Gasteiger partial charge in [0, 0.05) is 13.5 Å². The number of para-hydroxylation sites is 1. The Labute approximate surface area is 213 Å². The number of rotatable bonds is 11. The molecule has 196 valence electrons. The zero-order valence-electron chi connectivity index (χ0n) is 20.7. The summed E-state index contributed by atoms with van der Waals surface area (Å²) in [6, 6.07) is 8.66. The Bertz CT molecular complexity index is 1450. The van der Waals surface area contributed by atoms with Crippen LogP contribution >= 0.6 is 0 Å². The second-order valence-electron chi connectivity index (χ2n) is 8.10. The SMILES string of the molecule is COC[C@H](Cc1ncc(F)cn1)S(=O)(=O)Cc1nnc(-c2ccc(C)o2)n1-c1c(OC)cccc1OC. The van der Waals surface area contributed by atoms with Crippen LogP contribution in [0.4, 0.5) is 4.39 Å². The molecule has 0 radical (unpaired) electrons. The molecule has 0 fully saturated rings. The zero-order valence-corrected chi connectivity index (χ0v) is 21.5. The Morgan fingerprint density at radius 3 is 2.27 bits per heavy atom. The predicted octanol–water partition coefficient (Wildman–Crippen LogP) is 2.95. The third kappa shape index (κ3) is 5.62. The maximum Gasteiger partial charge on any atom is 0.204 e. The summed E-state index contributed by atoms with van der Waals surface area (Å²) in [6.45, 7) is 1.66. The molecule has 0 saturated carbocycles. The van der Waals surface area contributed by atoms with Gasteiger partial charge in [-0.25, -0.2) is 22.8 Å². The fraction of sp³-hybridized carbons (Fsp3) is 0.333. The van der Waals surface area contributed by atoms with E-state index in [1.807, 2.05) is 0 Å². The minimum absolute atomic E-state index is 0.0766. The highest BCUT2D eigenvalue weighted by Crippen LogP contribution is 2.37. The van der Waals surface area contributed by atoms with Gasteiger partial charge >= 0.3 is 0 Å². The maximum atomic E-state index is 13.6. The molecular formula is C24H26FN5O6S. The third-order valence-electron chi connectivity index (χ3n) is 5.59. The van der Waals surface area contributed by atoms with Gasteiger partial charge < -0.3 is 18.6 Å². The van der Waals surface area contributed by atoms with Crippen LogP contribution < -0.4 is 9.47 Å². The summed E-state index contributed by atoms with van der Waals surface area (Å²) < 4.78 is 64.1. The monoisotopic (exact) mass is 531 g/mol. The van der Waals surface area contributed by atoms with Crippen LogP contribution in [0.2, 0.25) is 0 Å². The first kappa shape index (κ1) is 26.2. The van der Waals surface area contributed by atoms with E-state index in [-0.39, 0.29) is 30.5 Å². The van der Waals surface area contributed by atoms with E-state index in [1.165, 1.54) is 21.3 Å². The molecule has 4 aromatic rings. The van der Waals surface area contributed by atoms with Crippen LogP contribution in [0.25, 0.3) is 17.3 Å². The van der Waals surface area contributed by atoms with Gasteiger partial charge in [-0.3, -0.25) is 4.57 Å². The molecular weight excluding hydrogens is 505 g/mol. The summed E-state index contributed by atoms with van der Waals surface area (Å²) in [7, 11) is 0.469. The van der Waals surface area contributed by atoms with Crippen molar-refractivity contribution in [1.82, 2.24) is 24.7 Å². The molecule has 1 atom stereocenters. The molecule has 3 heterocycles. The summed E-state index contributed by atoms with van der Waals surface area (Å²) in [5.41, 5.74) is 0.414. The minimum atomic E-state index is -3.91. The standard InChI is InChI=1S/C24H26FN5O6S/c1-15-8-9-20(36-15)24-29-28-22(30(24)23-18(34-3)6-5-7-19(23)35-4)14-37(31,32)17(13-33-2)10-21-26-11-16(25)12-27-21/h5-9,11-12,17H,10,13-14H2,1-4H3/t17-/m0/s1. The molecule has 0 saturated heterocycles. The predicted molar refractivity (Wildman–Crippen MR) is 131 cm³/mol. The van der Waals surface area contributed by atoms with Crippen molar-refractivity contribution in [1.29, 1.82) is 0 Å². The lowest BCUT2D eigenvalue weighted by Crippen LogP contribution is -2.31. The van der Waals surface area contributed by atoms with Gasteiger partial charge in [-0.2, -0.15) is 0 Å². The van der Waals surface area contributed by atoms with Crippen molar-refractivity contribution in [2.24, 2.45) is 0 Å². The highest BCUT2D eigenvalue weighted by atomic mass is 32.2. The number of furan rings is 1. The van der Waals surface area contributed by atoms with E-state index in [1.54, 1.807) is 41.8 Å². The zero-order chi connectivity index (χ0) is 26.6. The number of nitrogens with zero attached hydrogens (tertiary/aromatic N) is 5. The lowest BCUT2D eigenvalue weighted by Gasteiger charge is -2.19. The van der Waals surface area contributed by atoms with Crippen molar-refractivity contribution in [3.05, 3.63) is 66.0 Å². The van der Waals surface area contributed by atoms with Gasteiger partial charge in [0.15, 0.2) is 27.2 Å². The van der Waals surface area contributed by atoms with E-state index < -0.39 is 26.7 Å². The third-order valence-corrected chi connectivity index (χ3v) is 7.57. The van der Waals surface area contributed by atoms with E-state index in [4.69, 9.17) is 18.6 Å². The number of hydrogen-bond donors (Lipinski definition) is 0. The molecule has 0 aliphatic rings. The van der Waals surface area contributed by atoms with Gasteiger partial charge in [0.05, 0.1) is 38.5 Å². The molecule has 0 amide bonds. The molecule has 0 aliphatic carbocycles. The summed E-state index contributed by atoms with van der Waals surface area (Å²) in [4.78, 5) is 7.79. The average molecular weight is 532 g/mol. The molecule has 11 nitrogen and oxygen atoms in total. The molecule has 0 bridgehead atoms. The number of methoxy groups -OCH3 is 3. The molecule has 0 unspecified atom stereocenters. The first-order valence-electron chi connectivity index (χ1n) is 11.2. The van der Waals surface area contributed by atoms with Crippen molar-refractivity contribution in [3.8, 4) is 28.8 Å². The van der Waals surface area contributed by atoms with Crippen LogP contribution in [0.3, 0.4) is 0 Å². The number of aromatic nitrogens is 5. The molecule has 0 aliphatic heterocycles. The average Bonchev–Trinajstić information content (AvgIpc) is 3.49. The van der Waals surface area contributed by atoms with Gasteiger partial charge in [0.2, 0.25) is 5.82 Å². The van der Waals surface area contributed by atoms with Crippen LogP contribution in [0.1, 0.15) is 17.4 Å². The molecule has 0 spiro atoms. The maximum absolute atomic E-state index is 13.6. The molecule has 37 heavy (non-hydrogen) atoms. The summed E-state index contributed by atoms with van der Waals surface area (Å²) in [5.74, 6) is 1.28. The molecule has 3 aromatic heterocycles. The number of ether oxygens (including phenoxy) is 3. The second kappa shape index (κ2) is 11.0. The van der Waals surface area contributed by atoms with Crippen molar-refractivity contribution in [3.63, 3.8) is 0 Å². The van der Waals surface area contributed by atoms with Gasteiger partial charge in [-0.15, -0.1) is 10.2 Å². The highest BCUT2D eigenvalue weighted by Gasteiger charge is 2.32. The van der Waals surface area contributed by atoms with E-state index in [9.17, 15) is 12.8 Å². The Morgan fingerprint density at radius 1 is 1.03 bits per heavy atom. The molecule has 1 aromatic carbocycles. The number of aryl methyl sites for hydroxylation is 1. The van der Waals surface area contributed by atoms with Gasteiger partial charge in [-0.05, 0) is 31.2 Å². The van der Waals surface area contributed by atoms with Gasteiger partial charge in [0.1, 0.15) is 34.5 Å². The highest BCUT2D eigenvalue weighted by molar-refractivity contribution is 7.91. The summed E-state index contributed by atoms with van der Waals surface area (Å²) in [5, 5.41) is 7.45. The Kier molecular flexibility index (Phi) is 7.83. The molecule has 4 rings (SSSR count). The summed E-state index contributed by atoms with van der Waals surface area (Å²) in [6.07, 6.45) is 1.90. The minimum Gasteiger partial charge on any atom is -0.494 e. The number of hydrogen-bond acceptors (Lipinski definition) is 10. The Balaban J connectivity index is 1.81. The van der Waals surface area contributed by atoms with E-state index in [0.29, 0.717) is 28.7 Å². The fourth-order valence-electron chi connectivity index (χ4n) is 3.83. The van der Waals surface area contributed by atoms with Crippen LogP contribution in [-0.4, -0.2) is 66.3 Å². The van der Waals surface area contributed by atoms with Crippen LogP contribution in [0.5, 0.6) is 11.5 Å². The number of sulfone groups is 1. The van der Waals surface area contributed by atoms with Crippen LogP contribution in [0, 0.1) is 12.7 Å².